The summed E-state index contributed by atoms with van der Waals surface area (Å²) in [6, 6.07) is 0.238. The fourth-order valence-electron chi connectivity index (χ4n) is 1.36. The van der Waals surface area contributed by atoms with Crippen LogP contribution in [-0.4, -0.2) is 30.2 Å². The number of carbonyl (C=O) groups is 1. The fourth-order valence-corrected chi connectivity index (χ4v) is 1.36. The van der Waals surface area contributed by atoms with E-state index in [9.17, 15) is 4.79 Å². The maximum absolute atomic E-state index is 11.6. The minimum Gasteiger partial charge on any atom is -0.449 e. The van der Waals surface area contributed by atoms with Crippen molar-refractivity contribution < 1.29 is 9.53 Å². The van der Waals surface area contributed by atoms with Crippen molar-refractivity contribution in [1.82, 2.24) is 4.90 Å². The van der Waals surface area contributed by atoms with Gasteiger partial charge in [-0.25, -0.2) is 4.79 Å². The lowest BCUT2D eigenvalue weighted by Crippen LogP contribution is -2.38. The van der Waals surface area contributed by atoms with Crippen LogP contribution in [0.4, 0.5) is 4.79 Å². The van der Waals surface area contributed by atoms with Crippen molar-refractivity contribution in [1.29, 1.82) is 0 Å². The normalized spacial score (nSPS) is 15.7. The van der Waals surface area contributed by atoms with Crippen molar-refractivity contribution >= 4 is 6.09 Å². The quantitative estimate of drug-likeness (QED) is 0.681. The smallest absolute Gasteiger partial charge is 0.409 e. The zero-order valence-corrected chi connectivity index (χ0v) is 9.45. The van der Waals surface area contributed by atoms with E-state index in [1.165, 1.54) is 12.8 Å². The molecule has 1 aliphatic rings. The number of rotatable bonds is 5. The fraction of sp³-hybridized carbons (Fsp3) is 0.909. The lowest BCUT2D eigenvalue weighted by atomic mass is 10.3. The van der Waals surface area contributed by atoms with Gasteiger partial charge in [-0.3, -0.25) is 0 Å². The zero-order chi connectivity index (χ0) is 10.6. The first-order valence-corrected chi connectivity index (χ1v) is 5.58. The summed E-state index contributed by atoms with van der Waals surface area (Å²) < 4.78 is 5.23. The summed E-state index contributed by atoms with van der Waals surface area (Å²) >= 11 is 0. The first-order valence-electron chi connectivity index (χ1n) is 5.58. The molecule has 0 radical (unpaired) electrons. The molecular weight excluding hydrogens is 178 g/mol. The van der Waals surface area contributed by atoms with Gasteiger partial charge >= 0.3 is 6.09 Å². The van der Waals surface area contributed by atoms with Crippen LogP contribution in [0.3, 0.4) is 0 Å². The minimum atomic E-state index is -0.145. The SMILES string of the molecule is CCCN(C(=O)OCC1CC1)C(C)C. The van der Waals surface area contributed by atoms with Crippen molar-refractivity contribution in [3.8, 4) is 0 Å². The summed E-state index contributed by atoms with van der Waals surface area (Å²) in [6.45, 7) is 7.53. The Morgan fingerprint density at radius 3 is 2.57 bits per heavy atom. The van der Waals surface area contributed by atoms with Gasteiger partial charge in [0.2, 0.25) is 0 Å². The van der Waals surface area contributed by atoms with Crippen molar-refractivity contribution in [3.05, 3.63) is 0 Å². The predicted octanol–water partition coefficient (Wildman–Crippen LogP) is 2.65. The largest absolute Gasteiger partial charge is 0.449 e. The van der Waals surface area contributed by atoms with Crippen LogP contribution in [0.15, 0.2) is 0 Å². The first kappa shape index (κ1) is 11.3. The number of nitrogens with zero attached hydrogens (tertiary/aromatic N) is 1. The molecule has 1 amide bonds. The summed E-state index contributed by atoms with van der Waals surface area (Å²) in [4.78, 5) is 13.4. The van der Waals surface area contributed by atoms with Crippen molar-refractivity contribution in [3.63, 3.8) is 0 Å². The lowest BCUT2D eigenvalue weighted by Gasteiger charge is -2.25. The number of ether oxygens (including phenoxy) is 1. The third-order valence-corrected chi connectivity index (χ3v) is 2.46. The zero-order valence-electron chi connectivity index (χ0n) is 9.45. The molecule has 3 nitrogen and oxygen atoms in total. The highest BCUT2D eigenvalue weighted by atomic mass is 16.6. The molecule has 0 aromatic carbocycles. The van der Waals surface area contributed by atoms with Crippen LogP contribution >= 0.6 is 0 Å². The van der Waals surface area contributed by atoms with Crippen molar-refractivity contribution in [2.45, 2.75) is 46.1 Å². The van der Waals surface area contributed by atoms with Gasteiger partial charge in [0.15, 0.2) is 0 Å². The van der Waals surface area contributed by atoms with E-state index in [2.05, 4.69) is 6.92 Å². The van der Waals surface area contributed by atoms with Crippen LogP contribution < -0.4 is 0 Å². The third kappa shape index (κ3) is 3.56. The highest BCUT2D eigenvalue weighted by Crippen LogP contribution is 2.29. The van der Waals surface area contributed by atoms with Gasteiger partial charge in [0, 0.05) is 12.6 Å². The van der Waals surface area contributed by atoms with E-state index in [0.29, 0.717) is 12.5 Å². The van der Waals surface area contributed by atoms with Gasteiger partial charge in [0.25, 0.3) is 0 Å². The Balaban J connectivity index is 2.28. The maximum Gasteiger partial charge on any atom is 0.409 e. The Labute approximate surface area is 86.4 Å². The van der Waals surface area contributed by atoms with E-state index in [0.717, 1.165) is 13.0 Å². The monoisotopic (exact) mass is 199 g/mol. The van der Waals surface area contributed by atoms with Crippen LogP contribution in [0.2, 0.25) is 0 Å². The number of carbonyl (C=O) groups excluding carboxylic acids is 1. The molecule has 1 saturated carbocycles. The predicted molar refractivity (Wildman–Crippen MR) is 56.2 cm³/mol. The Morgan fingerprint density at radius 1 is 1.50 bits per heavy atom. The van der Waals surface area contributed by atoms with E-state index in [-0.39, 0.29) is 12.1 Å². The standard InChI is InChI=1S/C11H21NO2/c1-4-7-12(9(2)3)11(13)14-8-10-5-6-10/h9-10H,4-8H2,1-3H3. The Kier molecular flexibility index (Phi) is 4.23. The van der Waals surface area contributed by atoms with Gasteiger partial charge in [0.1, 0.15) is 0 Å². The van der Waals surface area contributed by atoms with Crippen LogP contribution in [0.1, 0.15) is 40.0 Å². The van der Waals surface area contributed by atoms with Crippen molar-refractivity contribution in [2.75, 3.05) is 13.2 Å². The summed E-state index contributed by atoms with van der Waals surface area (Å²) in [7, 11) is 0. The molecule has 1 rings (SSSR count). The number of amides is 1. The number of hydrogen-bond donors (Lipinski definition) is 0. The molecule has 0 atom stereocenters. The van der Waals surface area contributed by atoms with E-state index in [1.807, 2.05) is 13.8 Å². The molecule has 0 bridgehead atoms. The van der Waals surface area contributed by atoms with E-state index < -0.39 is 0 Å². The van der Waals surface area contributed by atoms with Crippen molar-refractivity contribution in [2.24, 2.45) is 5.92 Å². The van der Waals surface area contributed by atoms with Gasteiger partial charge < -0.3 is 9.64 Å². The van der Waals surface area contributed by atoms with Crippen LogP contribution in [0.5, 0.6) is 0 Å². The Hall–Kier alpha value is -0.730. The van der Waals surface area contributed by atoms with Gasteiger partial charge in [-0.1, -0.05) is 6.92 Å². The molecule has 14 heavy (non-hydrogen) atoms. The summed E-state index contributed by atoms with van der Waals surface area (Å²) in [5, 5.41) is 0. The molecule has 0 aliphatic heterocycles. The lowest BCUT2D eigenvalue weighted by molar-refractivity contribution is 0.0879. The molecule has 0 N–H and O–H groups in total. The third-order valence-electron chi connectivity index (χ3n) is 2.46. The molecule has 0 spiro atoms. The molecule has 1 aliphatic carbocycles. The minimum absolute atomic E-state index is 0.145. The van der Waals surface area contributed by atoms with E-state index >= 15 is 0 Å². The second kappa shape index (κ2) is 5.23. The maximum atomic E-state index is 11.6. The van der Waals surface area contributed by atoms with Gasteiger partial charge in [0.05, 0.1) is 6.61 Å². The second-order valence-corrected chi connectivity index (χ2v) is 4.31. The highest BCUT2D eigenvalue weighted by molar-refractivity contribution is 5.67. The second-order valence-electron chi connectivity index (χ2n) is 4.31. The topological polar surface area (TPSA) is 29.5 Å². The van der Waals surface area contributed by atoms with Gasteiger partial charge in [-0.05, 0) is 39.0 Å². The molecule has 0 saturated heterocycles. The van der Waals surface area contributed by atoms with E-state index in [4.69, 9.17) is 4.74 Å². The summed E-state index contributed by atoms with van der Waals surface area (Å²) in [5.41, 5.74) is 0. The molecule has 0 aromatic heterocycles. The molecule has 0 heterocycles. The molecule has 0 aromatic rings. The molecule has 1 fully saturated rings. The van der Waals surface area contributed by atoms with Crippen LogP contribution in [-0.2, 0) is 4.74 Å². The van der Waals surface area contributed by atoms with Crippen LogP contribution in [0, 0.1) is 5.92 Å². The average Bonchev–Trinajstić information content (AvgIpc) is 2.93. The molecule has 82 valence electrons. The molecular formula is C11H21NO2. The van der Waals surface area contributed by atoms with E-state index in [1.54, 1.807) is 4.90 Å². The van der Waals surface area contributed by atoms with Crippen LogP contribution in [0.25, 0.3) is 0 Å². The number of hydrogen-bond acceptors (Lipinski definition) is 2. The Morgan fingerprint density at radius 2 is 2.14 bits per heavy atom. The Bertz CT molecular complexity index is 188. The average molecular weight is 199 g/mol. The summed E-state index contributed by atoms with van der Waals surface area (Å²) in [6.07, 6.45) is 3.29. The molecule has 0 unspecified atom stereocenters. The highest BCUT2D eigenvalue weighted by Gasteiger charge is 2.25. The van der Waals surface area contributed by atoms with Gasteiger partial charge in [-0.2, -0.15) is 0 Å². The van der Waals surface area contributed by atoms with Gasteiger partial charge in [-0.15, -0.1) is 0 Å². The molecule has 3 heteroatoms. The first-order chi connectivity index (χ1) is 6.65. The summed E-state index contributed by atoms with van der Waals surface area (Å²) in [5.74, 6) is 0.648.